The van der Waals surface area contributed by atoms with Crippen LogP contribution < -0.4 is 15.0 Å². The molecule has 1 unspecified atom stereocenters. The molecule has 182 valence electrons. The highest BCUT2D eigenvalue weighted by Gasteiger charge is 2.36. The number of rotatable bonds is 13. The van der Waals surface area contributed by atoms with Crippen molar-refractivity contribution in [3.8, 4) is 11.5 Å². The third-order valence-corrected chi connectivity index (χ3v) is 6.77. The van der Waals surface area contributed by atoms with Crippen LogP contribution in [0.25, 0.3) is 0 Å². The van der Waals surface area contributed by atoms with Crippen molar-refractivity contribution >= 4 is 15.9 Å². The van der Waals surface area contributed by atoms with Gasteiger partial charge in [-0.05, 0) is 54.3 Å². The Kier molecular flexibility index (Phi) is 10.1. The van der Waals surface area contributed by atoms with Crippen LogP contribution in [0, 0.1) is 5.92 Å². The van der Waals surface area contributed by atoms with Crippen LogP contribution in [0.3, 0.4) is 0 Å². The van der Waals surface area contributed by atoms with Gasteiger partial charge in [0.1, 0.15) is 17.5 Å². The van der Waals surface area contributed by atoms with E-state index in [2.05, 4.69) is 0 Å². The van der Waals surface area contributed by atoms with Crippen molar-refractivity contribution in [3.05, 3.63) is 54.1 Å². The van der Waals surface area contributed by atoms with Gasteiger partial charge in [-0.25, -0.2) is 13.9 Å². The standard InChI is InChI=1S/C23H31FN2O6S/c1-17(2)14-22(23(27)25-28)26(16-18-6-4-7-20(15-18)31-3)33(29,30)21-10-8-19(9-11-21)32-13-5-12-24/h4,6-11,15,17,22,28H,5,12-14,16H2,1-3H3,(H,25,27). The quantitative estimate of drug-likeness (QED) is 0.257. The van der Waals surface area contributed by atoms with Crippen LogP contribution in [-0.4, -0.2) is 50.3 Å². The Morgan fingerprint density at radius 1 is 1.15 bits per heavy atom. The van der Waals surface area contributed by atoms with Crippen molar-refractivity contribution in [2.24, 2.45) is 5.92 Å². The Hall–Kier alpha value is -2.69. The van der Waals surface area contributed by atoms with Crippen LogP contribution in [-0.2, 0) is 21.4 Å². The van der Waals surface area contributed by atoms with Gasteiger partial charge in [-0.3, -0.25) is 14.4 Å². The first-order valence-corrected chi connectivity index (χ1v) is 12.0. The fourth-order valence-electron chi connectivity index (χ4n) is 3.28. The lowest BCUT2D eigenvalue weighted by Gasteiger charge is -2.30. The van der Waals surface area contributed by atoms with Gasteiger partial charge in [0.05, 0.1) is 25.3 Å². The van der Waals surface area contributed by atoms with Crippen LogP contribution in [0.2, 0.25) is 0 Å². The molecule has 0 aliphatic rings. The maximum absolute atomic E-state index is 13.6. The second kappa shape index (κ2) is 12.5. The molecule has 1 atom stereocenters. The average Bonchev–Trinajstić information content (AvgIpc) is 2.81. The molecule has 33 heavy (non-hydrogen) atoms. The molecule has 0 bridgehead atoms. The lowest BCUT2D eigenvalue weighted by Crippen LogP contribution is -2.49. The Balaban J connectivity index is 2.46. The molecule has 0 heterocycles. The van der Waals surface area contributed by atoms with Crippen LogP contribution in [0.15, 0.2) is 53.4 Å². The summed E-state index contributed by atoms with van der Waals surface area (Å²) in [5.41, 5.74) is 2.21. The van der Waals surface area contributed by atoms with Crippen molar-refractivity contribution in [3.63, 3.8) is 0 Å². The first-order chi connectivity index (χ1) is 15.7. The fourth-order valence-corrected chi connectivity index (χ4v) is 4.86. The molecular formula is C23H31FN2O6S. The van der Waals surface area contributed by atoms with Crippen molar-refractivity contribution in [2.45, 2.75) is 44.2 Å². The summed E-state index contributed by atoms with van der Waals surface area (Å²) in [5.74, 6) is 0.114. The molecule has 10 heteroatoms. The van der Waals surface area contributed by atoms with Crippen LogP contribution in [0.4, 0.5) is 4.39 Å². The second-order valence-corrected chi connectivity index (χ2v) is 9.78. The largest absolute Gasteiger partial charge is 0.497 e. The molecule has 2 N–H and O–H groups in total. The van der Waals surface area contributed by atoms with Gasteiger partial charge in [0.25, 0.3) is 5.91 Å². The van der Waals surface area contributed by atoms with Gasteiger partial charge in [-0.1, -0.05) is 26.0 Å². The maximum Gasteiger partial charge on any atom is 0.261 e. The number of ether oxygens (including phenoxy) is 2. The zero-order valence-electron chi connectivity index (χ0n) is 19.0. The smallest absolute Gasteiger partial charge is 0.261 e. The number of hydrogen-bond donors (Lipinski definition) is 2. The first kappa shape index (κ1) is 26.6. The Bertz CT molecular complexity index is 998. The highest BCUT2D eigenvalue weighted by atomic mass is 32.2. The van der Waals surface area contributed by atoms with Gasteiger partial charge in [-0.15, -0.1) is 0 Å². The number of hydroxylamine groups is 1. The lowest BCUT2D eigenvalue weighted by atomic mass is 10.0. The van der Waals surface area contributed by atoms with E-state index in [1.807, 2.05) is 13.8 Å². The summed E-state index contributed by atoms with van der Waals surface area (Å²) in [6.07, 6.45) is 0.432. The summed E-state index contributed by atoms with van der Waals surface area (Å²) in [5, 5.41) is 9.31. The number of carbonyl (C=O) groups is 1. The van der Waals surface area contributed by atoms with E-state index in [1.54, 1.807) is 29.7 Å². The van der Waals surface area contributed by atoms with Crippen molar-refractivity contribution in [1.29, 1.82) is 0 Å². The van der Waals surface area contributed by atoms with Gasteiger partial charge in [0.15, 0.2) is 0 Å². The predicted octanol–water partition coefficient (Wildman–Crippen LogP) is 3.54. The number of carbonyl (C=O) groups excluding carboxylic acids is 1. The highest BCUT2D eigenvalue weighted by Crippen LogP contribution is 2.27. The molecule has 0 fully saturated rings. The van der Waals surface area contributed by atoms with Crippen molar-refractivity contribution < 1.29 is 32.3 Å². The number of sulfonamides is 1. The predicted molar refractivity (Wildman–Crippen MR) is 121 cm³/mol. The van der Waals surface area contributed by atoms with E-state index >= 15 is 0 Å². The monoisotopic (exact) mass is 482 g/mol. The number of alkyl halides is 1. The summed E-state index contributed by atoms with van der Waals surface area (Å²) in [7, 11) is -2.65. The van der Waals surface area contributed by atoms with Gasteiger partial charge in [-0.2, -0.15) is 4.31 Å². The third kappa shape index (κ3) is 7.41. The minimum atomic E-state index is -4.16. The van der Waals surface area contributed by atoms with Crippen molar-refractivity contribution in [2.75, 3.05) is 20.4 Å². The molecule has 0 saturated heterocycles. The van der Waals surface area contributed by atoms with Gasteiger partial charge < -0.3 is 9.47 Å². The number of benzene rings is 2. The summed E-state index contributed by atoms with van der Waals surface area (Å²) in [4.78, 5) is 12.5. The minimum Gasteiger partial charge on any atom is -0.497 e. The molecule has 1 amide bonds. The molecule has 0 spiro atoms. The third-order valence-electron chi connectivity index (χ3n) is 4.90. The molecular weight excluding hydrogens is 451 g/mol. The number of methoxy groups -OCH3 is 1. The number of hydrogen-bond acceptors (Lipinski definition) is 6. The fraction of sp³-hybridized carbons (Fsp3) is 0.435. The topological polar surface area (TPSA) is 105 Å². The normalized spacial score (nSPS) is 12.6. The van der Waals surface area contributed by atoms with Crippen LogP contribution in [0.5, 0.6) is 11.5 Å². The van der Waals surface area contributed by atoms with Crippen LogP contribution >= 0.6 is 0 Å². The van der Waals surface area contributed by atoms with E-state index in [9.17, 15) is 22.8 Å². The van der Waals surface area contributed by atoms with Gasteiger partial charge in [0, 0.05) is 13.0 Å². The minimum absolute atomic E-state index is 0.0263. The number of halogens is 1. The van der Waals surface area contributed by atoms with E-state index in [1.165, 1.54) is 31.4 Å². The summed E-state index contributed by atoms with van der Waals surface area (Å²) >= 11 is 0. The zero-order valence-corrected chi connectivity index (χ0v) is 19.8. The molecule has 0 aliphatic heterocycles. The summed E-state index contributed by atoms with van der Waals surface area (Å²) < 4.78 is 51.3. The van der Waals surface area contributed by atoms with E-state index in [4.69, 9.17) is 9.47 Å². The van der Waals surface area contributed by atoms with E-state index < -0.39 is 28.6 Å². The summed E-state index contributed by atoms with van der Waals surface area (Å²) in [6.45, 7) is 3.28. The Labute approximate surface area is 194 Å². The molecule has 0 aliphatic carbocycles. The van der Waals surface area contributed by atoms with E-state index in [0.717, 1.165) is 4.31 Å². The summed E-state index contributed by atoms with van der Waals surface area (Å²) in [6, 6.07) is 11.5. The van der Waals surface area contributed by atoms with Crippen molar-refractivity contribution in [1.82, 2.24) is 9.79 Å². The maximum atomic E-state index is 13.6. The van der Waals surface area contributed by atoms with Gasteiger partial charge >= 0.3 is 0 Å². The first-order valence-electron chi connectivity index (χ1n) is 10.6. The Morgan fingerprint density at radius 3 is 2.42 bits per heavy atom. The molecule has 2 aromatic carbocycles. The van der Waals surface area contributed by atoms with E-state index in [-0.39, 0.29) is 36.8 Å². The highest BCUT2D eigenvalue weighted by molar-refractivity contribution is 7.89. The van der Waals surface area contributed by atoms with E-state index in [0.29, 0.717) is 17.1 Å². The Morgan fingerprint density at radius 2 is 1.85 bits per heavy atom. The molecule has 0 aromatic heterocycles. The zero-order chi connectivity index (χ0) is 24.4. The molecule has 2 aromatic rings. The SMILES string of the molecule is COc1cccc(CN(C(CC(C)C)C(=O)NO)S(=O)(=O)c2ccc(OCCCF)cc2)c1. The molecule has 2 rings (SSSR count). The molecule has 0 saturated carbocycles. The molecule has 8 nitrogen and oxygen atoms in total. The second-order valence-electron chi connectivity index (χ2n) is 7.89. The van der Waals surface area contributed by atoms with Crippen LogP contribution in [0.1, 0.15) is 32.3 Å². The average molecular weight is 483 g/mol. The number of amides is 1. The number of nitrogens with zero attached hydrogens (tertiary/aromatic N) is 1. The lowest BCUT2D eigenvalue weighted by molar-refractivity contribution is -0.133. The van der Waals surface area contributed by atoms with Gasteiger partial charge in [0.2, 0.25) is 10.0 Å². The molecule has 0 radical (unpaired) electrons. The number of nitrogens with one attached hydrogen (secondary N) is 1.